The van der Waals surface area contributed by atoms with Gasteiger partial charge in [0.05, 0.1) is 29.7 Å². The highest BCUT2D eigenvalue weighted by atomic mass is 79.9. The van der Waals surface area contributed by atoms with Gasteiger partial charge in [-0.3, -0.25) is 0 Å². The predicted octanol–water partition coefficient (Wildman–Crippen LogP) is 3.50. The van der Waals surface area contributed by atoms with Crippen LogP contribution in [0.25, 0.3) is 0 Å². The van der Waals surface area contributed by atoms with Crippen LogP contribution in [-0.2, 0) is 12.0 Å². The van der Waals surface area contributed by atoms with Crippen molar-refractivity contribution in [1.82, 2.24) is 0 Å². The second-order valence-corrected chi connectivity index (χ2v) is 5.29. The van der Waals surface area contributed by atoms with E-state index in [1.165, 1.54) is 0 Å². The van der Waals surface area contributed by atoms with Crippen molar-refractivity contribution in [3.8, 4) is 5.75 Å². The van der Waals surface area contributed by atoms with Gasteiger partial charge in [0, 0.05) is 12.0 Å². The molecule has 0 aliphatic rings. The topological polar surface area (TPSA) is 42.6 Å². The molecule has 0 saturated carbocycles. The molecular formula is C14H15BrO3. The van der Waals surface area contributed by atoms with Gasteiger partial charge in [-0.25, -0.2) is 0 Å². The van der Waals surface area contributed by atoms with E-state index in [-0.39, 0.29) is 0 Å². The Labute approximate surface area is 115 Å². The number of aliphatic hydroxyl groups is 1. The number of benzene rings is 1. The molecule has 0 fully saturated rings. The zero-order chi connectivity index (χ0) is 13.2. The van der Waals surface area contributed by atoms with Crippen LogP contribution in [0.5, 0.6) is 5.75 Å². The van der Waals surface area contributed by atoms with Gasteiger partial charge in [0.2, 0.25) is 0 Å². The van der Waals surface area contributed by atoms with Gasteiger partial charge in [0.1, 0.15) is 5.75 Å². The van der Waals surface area contributed by atoms with E-state index in [9.17, 15) is 5.11 Å². The molecule has 0 radical (unpaired) electrons. The van der Waals surface area contributed by atoms with E-state index in [1.807, 2.05) is 18.2 Å². The van der Waals surface area contributed by atoms with Crippen LogP contribution in [0.15, 0.2) is 45.7 Å². The summed E-state index contributed by atoms with van der Waals surface area (Å²) in [4.78, 5) is 0. The minimum absolute atomic E-state index is 0.509. The van der Waals surface area contributed by atoms with Crippen LogP contribution in [0, 0.1) is 0 Å². The highest BCUT2D eigenvalue weighted by Gasteiger charge is 2.24. The molecule has 0 spiro atoms. The Morgan fingerprint density at radius 2 is 2.17 bits per heavy atom. The highest BCUT2D eigenvalue weighted by Crippen LogP contribution is 2.30. The zero-order valence-corrected chi connectivity index (χ0v) is 11.9. The number of hydrogen-bond acceptors (Lipinski definition) is 3. The average molecular weight is 311 g/mol. The molecule has 0 amide bonds. The predicted molar refractivity (Wildman–Crippen MR) is 72.7 cm³/mol. The molecule has 0 aliphatic carbocycles. The van der Waals surface area contributed by atoms with E-state index in [2.05, 4.69) is 15.9 Å². The largest absolute Gasteiger partial charge is 0.496 e. The van der Waals surface area contributed by atoms with Crippen molar-refractivity contribution in [3.63, 3.8) is 0 Å². The van der Waals surface area contributed by atoms with Gasteiger partial charge in [-0.1, -0.05) is 6.07 Å². The van der Waals surface area contributed by atoms with Crippen LogP contribution in [0.1, 0.15) is 18.1 Å². The maximum Gasteiger partial charge on any atom is 0.133 e. The summed E-state index contributed by atoms with van der Waals surface area (Å²) in [6.45, 7) is 1.77. The summed E-state index contributed by atoms with van der Waals surface area (Å²) in [7, 11) is 1.63. The fourth-order valence-electron chi connectivity index (χ4n) is 1.89. The SMILES string of the molecule is COc1ccc(CC(C)(O)c2ccoc2)cc1Br. The molecule has 1 aromatic heterocycles. The number of ether oxygens (including phenoxy) is 1. The van der Waals surface area contributed by atoms with Crippen molar-refractivity contribution in [1.29, 1.82) is 0 Å². The molecule has 0 saturated heterocycles. The van der Waals surface area contributed by atoms with E-state index in [4.69, 9.17) is 9.15 Å². The van der Waals surface area contributed by atoms with Crippen LogP contribution in [0.3, 0.4) is 0 Å². The highest BCUT2D eigenvalue weighted by molar-refractivity contribution is 9.10. The van der Waals surface area contributed by atoms with Crippen LogP contribution >= 0.6 is 15.9 Å². The van der Waals surface area contributed by atoms with E-state index in [0.29, 0.717) is 6.42 Å². The van der Waals surface area contributed by atoms with Crippen molar-refractivity contribution < 1.29 is 14.3 Å². The van der Waals surface area contributed by atoms with E-state index < -0.39 is 5.60 Å². The van der Waals surface area contributed by atoms with Gasteiger partial charge >= 0.3 is 0 Å². The van der Waals surface area contributed by atoms with Gasteiger partial charge in [0.25, 0.3) is 0 Å². The van der Waals surface area contributed by atoms with Crippen molar-refractivity contribution in [2.75, 3.05) is 7.11 Å². The molecular weight excluding hydrogens is 296 g/mol. The Kier molecular flexibility index (Phi) is 3.78. The number of rotatable bonds is 4. The molecule has 4 heteroatoms. The van der Waals surface area contributed by atoms with Crippen molar-refractivity contribution in [2.45, 2.75) is 18.9 Å². The molecule has 96 valence electrons. The maximum atomic E-state index is 10.4. The second-order valence-electron chi connectivity index (χ2n) is 4.43. The number of hydrogen-bond donors (Lipinski definition) is 1. The van der Waals surface area contributed by atoms with Crippen molar-refractivity contribution in [3.05, 3.63) is 52.4 Å². The van der Waals surface area contributed by atoms with Crippen LogP contribution in [0.4, 0.5) is 0 Å². The van der Waals surface area contributed by atoms with Gasteiger partial charge in [-0.05, 0) is 46.6 Å². The Bertz CT molecular complexity index is 518. The Balaban J connectivity index is 2.21. The normalized spacial score (nSPS) is 14.2. The summed E-state index contributed by atoms with van der Waals surface area (Å²) in [5, 5.41) is 10.4. The Morgan fingerprint density at radius 1 is 1.39 bits per heavy atom. The van der Waals surface area contributed by atoms with E-state index >= 15 is 0 Å². The fraction of sp³-hybridized carbons (Fsp3) is 0.286. The molecule has 2 rings (SSSR count). The molecule has 1 aromatic carbocycles. The van der Waals surface area contributed by atoms with Crippen molar-refractivity contribution >= 4 is 15.9 Å². The smallest absolute Gasteiger partial charge is 0.133 e. The van der Waals surface area contributed by atoms with Crippen LogP contribution in [0.2, 0.25) is 0 Å². The van der Waals surface area contributed by atoms with Crippen LogP contribution in [-0.4, -0.2) is 12.2 Å². The second kappa shape index (κ2) is 5.16. The molecule has 3 nitrogen and oxygen atoms in total. The molecule has 1 unspecified atom stereocenters. The van der Waals surface area contributed by atoms with Gasteiger partial charge in [-0.15, -0.1) is 0 Å². The first-order chi connectivity index (χ1) is 8.53. The van der Waals surface area contributed by atoms with Gasteiger partial charge in [0.15, 0.2) is 0 Å². The molecule has 0 aliphatic heterocycles. The minimum atomic E-state index is -0.943. The number of methoxy groups -OCH3 is 1. The lowest BCUT2D eigenvalue weighted by Gasteiger charge is -2.22. The first-order valence-electron chi connectivity index (χ1n) is 5.60. The minimum Gasteiger partial charge on any atom is -0.496 e. The molecule has 0 bridgehead atoms. The summed E-state index contributed by atoms with van der Waals surface area (Å²) < 4.78 is 11.1. The van der Waals surface area contributed by atoms with Gasteiger partial charge < -0.3 is 14.3 Å². The monoisotopic (exact) mass is 310 g/mol. The lowest BCUT2D eigenvalue weighted by atomic mass is 9.91. The lowest BCUT2D eigenvalue weighted by Crippen LogP contribution is -2.23. The molecule has 18 heavy (non-hydrogen) atoms. The zero-order valence-electron chi connectivity index (χ0n) is 10.3. The molecule has 1 heterocycles. The fourth-order valence-corrected chi connectivity index (χ4v) is 2.48. The quantitative estimate of drug-likeness (QED) is 0.940. The molecule has 1 atom stereocenters. The van der Waals surface area contributed by atoms with Gasteiger partial charge in [-0.2, -0.15) is 0 Å². The molecule has 1 N–H and O–H groups in total. The summed E-state index contributed by atoms with van der Waals surface area (Å²) in [5.41, 5.74) is 0.851. The van der Waals surface area contributed by atoms with Crippen molar-refractivity contribution in [2.24, 2.45) is 0 Å². The standard InChI is InChI=1S/C14H15BrO3/c1-14(16,11-5-6-18-9-11)8-10-3-4-13(17-2)12(15)7-10/h3-7,9,16H,8H2,1-2H3. The van der Waals surface area contributed by atoms with E-state index in [0.717, 1.165) is 21.3 Å². The summed E-state index contributed by atoms with van der Waals surface area (Å²) >= 11 is 3.44. The third-order valence-electron chi connectivity index (χ3n) is 2.91. The number of furan rings is 1. The summed E-state index contributed by atoms with van der Waals surface area (Å²) in [6.07, 6.45) is 3.64. The van der Waals surface area contributed by atoms with Crippen LogP contribution < -0.4 is 4.74 Å². The lowest BCUT2D eigenvalue weighted by molar-refractivity contribution is 0.0570. The summed E-state index contributed by atoms with van der Waals surface area (Å²) in [6, 6.07) is 7.55. The molecule has 2 aromatic rings. The summed E-state index contributed by atoms with van der Waals surface area (Å²) in [5.74, 6) is 0.779. The first kappa shape index (κ1) is 13.2. The number of halogens is 1. The average Bonchev–Trinajstić information content (AvgIpc) is 2.82. The van der Waals surface area contributed by atoms with E-state index in [1.54, 1.807) is 32.6 Å². The maximum absolute atomic E-state index is 10.4. The Morgan fingerprint density at radius 3 is 2.72 bits per heavy atom. The third-order valence-corrected chi connectivity index (χ3v) is 3.53. The third kappa shape index (κ3) is 2.76. The first-order valence-corrected chi connectivity index (χ1v) is 6.40. The Hall–Kier alpha value is -1.26.